The fourth-order valence-corrected chi connectivity index (χ4v) is 4.03. The van der Waals surface area contributed by atoms with Crippen LogP contribution in [0, 0.1) is 13.8 Å². The largest absolute Gasteiger partial charge is 0.465 e. The Kier molecular flexibility index (Phi) is 6.97. The molecule has 0 spiro atoms. The Hall–Kier alpha value is -2.90. The number of methoxy groups -OCH3 is 1. The average Bonchev–Trinajstić information content (AvgIpc) is 3.08. The van der Waals surface area contributed by atoms with Crippen LogP contribution < -0.4 is 4.90 Å². The van der Waals surface area contributed by atoms with E-state index in [1.807, 2.05) is 31.7 Å². The predicted octanol–water partition coefficient (Wildman–Crippen LogP) is 3.25. The van der Waals surface area contributed by atoms with Gasteiger partial charge < -0.3 is 19.5 Å². The van der Waals surface area contributed by atoms with E-state index in [0.717, 1.165) is 29.3 Å². The fraction of sp³-hybridized carbons (Fsp3) is 0.565. The maximum atomic E-state index is 13.3. The molecule has 1 saturated heterocycles. The molecule has 0 saturated carbocycles. The molecule has 0 aliphatic carbocycles. The van der Waals surface area contributed by atoms with Crippen LogP contribution in [0.4, 0.5) is 5.82 Å². The second-order valence-corrected chi connectivity index (χ2v) is 8.38. The van der Waals surface area contributed by atoms with Crippen molar-refractivity contribution in [2.75, 3.05) is 38.2 Å². The number of anilines is 1. The molecule has 0 atom stereocenters. The van der Waals surface area contributed by atoms with Gasteiger partial charge in [0.2, 0.25) is 0 Å². The van der Waals surface area contributed by atoms with Gasteiger partial charge in [0.05, 0.1) is 12.7 Å². The molecule has 8 nitrogen and oxygen atoms in total. The SMILES string of the molecule is CCCc1c(C(=O)N2CCN(c3cc(C)nc(C(C)C)n3)CC2)[nH]c(C)c1C(=O)OC. The highest BCUT2D eigenvalue weighted by atomic mass is 16.5. The lowest BCUT2D eigenvalue weighted by Crippen LogP contribution is -2.49. The Bertz CT molecular complexity index is 958. The van der Waals surface area contributed by atoms with Crippen molar-refractivity contribution < 1.29 is 14.3 Å². The number of aromatic nitrogens is 3. The van der Waals surface area contributed by atoms with Crippen LogP contribution in [0.3, 0.4) is 0 Å². The smallest absolute Gasteiger partial charge is 0.339 e. The lowest BCUT2D eigenvalue weighted by Gasteiger charge is -2.35. The van der Waals surface area contributed by atoms with E-state index in [1.165, 1.54) is 7.11 Å². The molecule has 8 heteroatoms. The van der Waals surface area contributed by atoms with Gasteiger partial charge in [0.1, 0.15) is 17.3 Å². The van der Waals surface area contributed by atoms with Crippen molar-refractivity contribution in [2.45, 2.75) is 53.4 Å². The van der Waals surface area contributed by atoms with E-state index in [-0.39, 0.29) is 11.8 Å². The number of hydrogen-bond donors (Lipinski definition) is 1. The Labute approximate surface area is 184 Å². The van der Waals surface area contributed by atoms with Crippen molar-refractivity contribution in [1.82, 2.24) is 19.9 Å². The summed E-state index contributed by atoms with van der Waals surface area (Å²) in [5.41, 5.74) is 3.38. The summed E-state index contributed by atoms with van der Waals surface area (Å²) >= 11 is 0. The highest BCUT2D eigenvalue weighted by Crippen LogP contribution is 2.24. The lowest BCUT2D eigenvalue weighted by molar-refractivity contribution is 0.0599. The van der Waals surface area contributed by atoms with Gasteiger partial charge in [-0.25, -0.2) is 14.8 Å². The molecule has 0 bridgehead atoms. The molecule has 0 unspecified atom stereocenters. The van der Waals surface area contributed by atoms with Crippen LogP contribution >= 0.6 is 0 Å². The van der Waals surface area contributed by atoms with Crippen molar-refractivity contribution in [3.63, 3.8) is 0 Å². The zero-order valence-corrected chi connectivity index (χ0v) is 19.4. The van der Waals surface area contributed by atoms with Gasteiger partial charge in [-0.05, 0) is 25.8 Å². The number of hydrogen-bond acceptors (Lipinski definition) is 6. The van der Waals surface area contributed by atoms with E-state index in [1.54, 1.807) is 0 Å². The molecule has 31 heavy (non-hydrogen) atoms. The Morgan fingerprint density at radius 2 is 1.84 bits per heavy atom. The minimum absolute atomic E-state index is 0.0666. The predicted molar refractivity (Wildman–Crippen MR) is 120 cm³/mol. The van der Waals surface area contributed by atoms with E-state index < -0.39 is 5.97 Å². The molecular weight excluding hydrogens is 394 g/mol. The molecule has 1 aliphatic rings. The van der Waals surface area contributed by atoms with Gasteiger partial charge in [-0.3, -0.25) is 4.79 Å². The molecule has 0 radical (unpaired) electrons. The summed E-state index contributed by atoms with van der Waals surface area (Å²) in [7, 11) is 1.37. The van der Waals surface area contributed by atoms with Crippen LogP contribution in [0.15, 0.2) is 6.07 Å². The summed E-state index contributed by atoms with van der Waals surface area (Å²) < 4.78 is 4.94. The van der Waals surface area contributed by atoms with Crippen molar-refractivity contribution in [1.29, 1.82) is 0 Å². The number of H-pyrrole nitrogens is 1. The number of amides is 1. The molecule has 168 valence electrons. The molecule has 1 N–H and O–H groups in total. The summed E-state index contributed by atoms with van der Waals surface area (Å²) in [4.78, 5) is 42.0. The molecule has 1 aliphatic heterocycles. The fourth-order valence-electron chi connectivity index (χ4n) is 4.03. The number of nitrogens with one attached hydrogen (secondary N) is 1. The van der Waals surface area contributed by atoms with Crippen LogP contribution in [0.1, 0.15) is 76.7 Å². The first kappa shape index (κ1) is 22.8. The third-order valence-electron chi connectivity index (χ3n) is 5.66. The minimum Gasteiger partial charge on any atom is -0.465 e. The number of carbonyl (C=O) groups is 2. The van der Waals surface area contributed by atoms with Gasteiger partial charge >= 0.3 is 5.97 Å². The van der Waals surface area contributed by atoms with Crippen LogP contribution in [0.25, 0.3) is 0 Å². The second-order valence-electron chi connectivity index (χ2n) is 8.38. The summed E-state index contributed by atoms with van der Waals surface area (Å²) in [6.45, 7) is 12.6. The molecule has 3 rings (SSSR count). The van der Waals surface area contributed by atoms with E-state index in [0.29, 0.717) is 49.6 Å². The molecule has 3 heterocycles. The quantitative estimate of drug-likeness (QED) is 0.712. The monoisotopic (exact) mass is 427 g/mol. The summed E-state index contributed by atoms with van der Waals surface area (Å²) in [6.07, 6.45) is 1.48. The molecule has 1 fully saturated rings. The Morgan fingerprint density at radius 1 is 1.16 bits per heavy atom. The van der Waals surface area contributed by atoms with Gasteiger partial charge in [-0.2, -0.15) is 0 Å². The van der Waals surface area contributed by atoms with Crippen LogP contribution in [-0.4, -0.2) is 65.0 Å². The number of rotatable bonds is 6. The lowest BCUT2D eigenvalue weighted by atomic mass is 10.0. The minimum atomic E-state index is -0.402. The number of aromatic amines is 1. The third-order valence-corrected chi connectivity index (χ3v) is 5.66. The Morgan fingerprint density at radius 3 is 2.42 bits per heavy atom. The van der Waals surface area contributed by atoms with Crippen molar-refractivity contribution in [3.05, 3.63) is 40.1 Å². The molecule has 2 aromatic rings. The molecule has 2 aromatic heterocycles. The maximum absolute atomic E-state index is 13.3. The van der Waals surface area contributed by atoms with E-state index >= 15 is 0 Å². The van der Waals surface area contributed by atoms with Gasteiger partial charge in [-0.15, -0.1) is 0 Å². The summed E-state index contributed by atoms with van der Waals surface area (Å²) in [6, 6.07) is 2.00. The maximum Gasteiger partial charge on any atom is 0.339 e. The molecule has 0 aromatic carbocycles. The number of carbonyl (C=O) groups excluding carboxylic acids is 2. The number of esters is 1. The topological polar surface area (TPSA) is 91.4 Å². The summed E-state index contributed by atoms with van der Waals surface area (Å²) in [5.74, 6) is 1.55. The number of nitrogens with zero attached hydrogens (tertiary/aromatic N) is 4. The number of piperazine rings is 1. The van der Waals surface area contributed by atoms with Crippen molar-refractivity contribution in [3.8, 4) is 0 Å². The first-order valence-corrected chi connectivity index (χ1v) is 11.0. The third kappa shape index (κ3) is 4.73. The van der Waals surface area contributed by atoms with E-state index in [9.17, 15) is 9.59 Å². The van der Waals surface area contributed by atoms with Gasteiger partial charge in [-0.1, -0.05) is 27.2 Å². The highest BCUT2D eigenvalue weighted by molar-refractivity contribution is 6.00. The normalized spacial score (nSPS) is 14.3. The second kappa shape index (κ2) is 9.49. The summed E-state index contributed by atoms with van der Waals surface area (Å²) in [5, 5.41) is 0. The van der Waals surface area contributed by atoms with Crippen molar-refractivity contribution >= 4 is 17.7 Å². The van der Waals surface area contributed by atoms with E-state index in [4.69, 9.17) is 9.72 Å². The Balaban J connectivity index is 1.77. The van der Waals surface area contributed by atoms with Gasteiger partial charge in [0, 0.05) is 49.6 Å². The first-order valence-electron chi connectivity index (χ1n) is 11.0. The number of ether oxygens (including phenoxy) is 1. The first-order chi connectivity index (χ1) is 14.8. The highest BCUT2D eigenvalue weighted by Gasteiger charge is 2.29. The van der Waals surface area contributed by atoms with Crippen molar-refractivity contribution in [2.24, 2.45) is 0 Å². The zero-order chi connectivity index (χ0) is 22.7. The van der Waals surface area contributed by atoms with Crippen LogP contribution in [0.2, 0.25) is 0 Å². The van der Waals surface area contributed by atoms with Crippen LogP contribution in [0.5, 0.6) is 0 Å². The van der Waals surface area contributed by atoms with Gasteiger partial charge in [0.15, 0.2) is 0 Å². The molecule has 1 amide bonds. The zero-order valence-electron chi connectivity index (χ0n) is 19.4. The van der Waals surface area contributed by atoms with E-state index in [2.05, 4.69) is 28.7 Å². The standard InChI is InChI=1S/C23H33N5O3/c1-7-8-17-19(23(30)31-6)16(5)25-20(17)22(29)28-11-9-27(10-12-28)18-13-15(4)24-21(26-18)14(2)3/h13-14,25H,7-12H2,1-6H3. The van der Waals surface area contributed by atoms with Gasteiger partial charge in [0.25, 0.3) is 5.91 Å². The van der Waals surface area contributed by atoms with Crippen LogP contribution in [-0.2, 0) is 11.2 Å². The molecular formula is C23H33N5O3. The average molecular weight is 428 g/mol. The number of aryl methyl sites for hydroxylation is 2.